The lowest BCUT2D eigenvalue weighted by Gasteiger charge is -2.11. The summed E-state index contributed by atoms with van der Waals surface area (Å²) in [4.78, 5) is 15.1. The summed E-state index contributed by atoms with van der Waals surface area (Å²) in [5.74, 6) is -0.0606. The summed E-state index contributed by atoms with van der Waals surface area (Å²) in [6, 6.07) is 5.22. The Labute approximate surface area is 94.5 Å². The van der Waals surface area contributed by atoms with Crippen LogP contribution in [0.1, 0.15) is 18.2 Å². The third-order valence-corrected chi connectivity index (χ3v) is 2.19. The highest BCUT2D eigenvalue weighted by molar-refractivity contribution is 5.80. The molecule has 1 amide bonds. The van der Waals surface area contributed by atoms with E-state index in [1.54, 1.807) is 26.2 Å². The maximum absolute atomic E-state index is 11.2. The van der Waals surface area contributed by atoms with Crippen LogP contribution < -0.4 is 10.6 Å². The highest BCUT2D eigenvalue weighted by Crippen LogP contribution is 2.00. The molecule has 0 saturated heterocycles. The molecule has 0 saturated carbocycles. The molecule has 1 aromatic heterocycles. The maximum Gasteiger partial charge on any atom is 0.236 e. The second kappa shape index (κ2) is 5.83. The van der Waals surface area contributed by atoms with Crippen LogP contribution in [0.25, 0.3) is 0 Å². The van der Waals surface area contributed by atoms with Gasteiger partial charge in [-0.1, -0.05) is 0 Å². The van der Waals surface area contributed by atoms with E-state index in [4.69, 9.17) is 5.26 Å². The summed E-state index contributed by atoms with van der Waals surface area (Å²) < 4.78 is 0. The van der Waals surface area contributed by atoms with Crippen molar-refractivity contribution in [3.63, 3.8) is 0 Å². The van der Waals surface area contributed by atoms with Crippen LogP contribution in [0.4, 0.5) is 0 Å². The zero-order chi connectivity index (χ0) is 12.0. The second-order valence-electron chi connectivity index (χ2n) is 3.38. The number of carbonyl (C=O) groups excluding carboxylic acids is 1. The Hall–Kier alpha value is -1.93. The van der Waals surface area contributed by atoms with Gasteiger partial charge < -0.3 is 10.6 Å². The van der Waals surface area contributed by atoms with Crippen LogP contribution in [0.5, 0.6) is 0 Å². The monoisotopic (exact) mass is 218 g/mol. The van der Waals surface area contributed by atoms with Crippen LogP contribution >= 0.6 is 0 Å². The molecule has 0 aromatic carbocycles. The van der Waals surface area contributed by atoms with Gasteiger partial charge in [-0.3, -0.25) is 4.79 Å². The SMILES string of the molecule is CNC(=O)C(C)NCc1ccnc(C#N)c1. The van der Waals surface area contributed by atoms with E-state index in [1.165, 1.54) is 0 Å². The molecule has 5 heteroatoms. The van der Waals surface area contributed by atoms with E-state index in [1.807, 2.05) is 12.1 Å². The number of carbonyl (C=O) groups is 1. The van der Waals surface area contributed by atoms with Crippen molar-refractivity contribution in [2.45, 2.75) is 19.5 Å². The first-order chi connectivity index (χ1) is 7.67. The third kappa shape index (κ3) is 3.33. The zero-order valence-corrected chi connectivity index (χ0v) is 9.32. The molecule has 0 radical (unpaired) electrons. The average Bonchev–Trinajstić information content (AvgIpc) is 2.35. The van der Waals surface area contributed by atoms with Gasteiger partial charge >= 0.3 is 0 Å². The Bertz CT molecular complexity index is 411. The fraction of sp³-hybridized carbons (Fsp3) is 0.364. The number of aromatic nitrogens is 1. The van der Waals surface area contributed by atoms with Crippen LogP contribution in [0.3, 0.4) is 0 Å². The van der Waals surface area contributed by atoms with Gasteiger partial charge in [-0.2, -0.15) is 5.26 Å². The Morgan fingerprint density at radius 3 is 3.06 bits per heavy atom. The van der Waals surface area contributed by atoms with Crippen LogP contribution in [0.2, 0.25) is 0 Å². The molecule has 0 spiro atoms. The van der Waals surface area contributed by atoms with Gasteiger partial charge in [-0.25, -0.2) is 4.98 Å². The summed E-state index contributed by atoms with van der Waals surface area (Å²) in [6.07, 6.45) is 1.58. The van der Waals surface area contributed by atoms with Crippen molar-refractivity contribution < 1.29 is 4.79 Å². The standard InChI is InChI=1S/C11H14N4O/c1-8(11(16)13-2)15-7-9-3-4-14-10(5-9)6-12/h3-5,8,15H,7H2,1-2H3,(H,13,16). The Kier molecular flexibility index (Phi) is 4.42. The molecule has 16 heavy (non-hydrogen) atoms. The minimum atomic E-state index is -0.260. The molecule has 1 aromatic rings. The fourth-order valence-corrected chi connectivity index (χ4v) is 1.23. The number of amides is 1. The van der Waals surface area contributed by atoms with E-state index in [-0.39, 0.29) is 11.9 Å². The molecule has 0 aliphatic rings. The van der Waals surface area contributed by atoms with Gasteiger partial charge in [0.05, 0.1) is 6.04 Å². The van der Waals surface area contributed by atoms with Crippen molar-refractivity contribution in [1.29, 1.82) is 5.26 Å². The number of pyridine rings is 1. The highest BCUT2D eigenvalue weighted by atomic mass is 16.2. The fourth-order valence-electron chi connectivity index (χ4n) is 1.23. The van der Waals surface area contributed by atoms with Gasteiger partial charge in [-0.05, 0) is 24.6 Å². The van der Waals surface area contributed by atoms with Gasteiger partial charge in [-0.15, -0.1) is 0 Å². The van der Waals surface area contributed by atoms with Crippen LogP contribution in [-0.4, -0.2) is 24.0 Å². The van der Waals surface area contributed by atoms with Crippen molar-refractivity contribution in [2.75, 3.05) is 7.05 Å². The number of hydrogen-bond donors (Lipinski definition) is 2. The lowest BCUT2D eigenvalue weighted by atomic mass is 10.2. The largest absolute Gasteiger partial charge is 0.358 e. The Morgan fingerprint density at radius 1 is 1.69 bits per heavy atom. The topological polar surface area (TPSA) is 77.8 Å². The van der Waals surface area contributed by atoms with E-state index in [9.17, 15) is 4.79 Å². The van der Waals surface area contributed by atoms with Crippen LogP contribution in [0, 0.1) is 11.3 Å². The molecular formula is C11H14N4O. The Balaban J connectivity index is 2.55. The van der Waals surface area contributed by atoms with Gasteiger partial charge in [0.15, 0.2) is 0 Å². The first-order valence-electron chi connectivity index (χ1n) is 4.97. The van der Waals surface area contributed by atoms with Crippen molar-refractivity contribution in [2.24, 2.45) is 0 Å². The normalized spacial score (nSPS) is 11.6. The van der Waals surface area contributed by atoms with Gasteiger partial charge in [0.25, 0.3) is 0 Å². The van der Waals surface area contributed by atoms with E-state index < -0.39 is 0 Å². The molecule has 0 fully saturated rings. The molecule has 1 rings (SSSR count). The van der Waals surface area contributed by atoms with Gasteiger partial charge in [0.2, 0.25) is 5.91 Å². The minimum Gasteiger partial charge on any atom is -0.358 e. The molecule has 5 nitrogen and oxygen atoms in total. The van der Waals surface area contributed by atoms with Crippen molar-refractivity contribution in [3.05, 3.63) is 29.6 Å². The smallest absolute Gasteiger partial charge is 0.236 e. The molecule has 1 atom stereocenters. The quantitative estimate of drug-likeness (QED) is 0.755. The van der Waals surface area contributed by atoms with Gasteiger partial charge in [0, 0.05) is 19.8 Å². The van der Waals surface area contributed by atoms with Crippen molar-refractivity contribution in [1.82, 2.24) is 15.6 Å². The molecule has 2 N–H and O–H groups in total. The minimum absolute atomic E-state index is 0.0606. The predicted molar refractivity (Wildman–Crippen MR) is 59.3 cm³/mol. The number of nitrogens with zero attached hydrogens (tertiary/aromatic N) is 2. The summed E-state index contributed by atoms with van der Waals surface area (Å²) in [5, 5.41) is 14.3. The zero-order valence-electron chi connectivity index (χ0n) is 9.32. The van der Waals surface area contributed by atoms with Gasteiger partial charge in [0.1, 0.15) is 11.8 Å². The maximum atomic E-state index is 11.2. The van der Waals surface area contributed by atoms with Crippen molar-refractivity contribution >= 4 is 5.91 Å². The number of nitriles is 1. The molecule has 84 valence electrons. The number of likely N-dealkylation sites (N-methyl/N-ethyl adjacent to an activating group) is 1. The third-order valence-electron chi connectivity index (χ3n) is 2.19. The average molecular weight is 218 g/mol. The Morgan fingerprint density at radius 2 is 2.44 bits per heavy atom. The first kappa shape index (κ1) is 12.1. The molecule has 1 heterocycles. The summed E-state index contributed by atoms with van der Waals surface area (Å²) >= 11 is 0. The van der Waals surface area contributed by atoms with Crippen molar-refractivity contribution in [3.8, 4) is 6.07 Å². The molecular weight excluding hydrogens is 204 g/mol. The van der Waals surface area contributed by atoms with E-state index >= 15 is 0 Å². The highest BCUT2D eigenvalue weighted by Gasteiger charge is 2.09. The van der Waals surface area contributed by atoms with E-state index in [0.29, 0.717) is 12.2 Å². The lowest BCUT2D eigenvalue weighted by molar-refractivity contribution is -0.122. The molecule has 0 aliphatic carbocycles. The molecule has 1 unspecified atom stereocenters. The molecule has 0 aliphatic heterocycles. The number of hydrogen-bond acceptors (Lipinski definition) is 4. The first-order valence-corrected chi connectivity index (χ1v) is 4.97. The van der Waals surface area contributed by atoms with E-state index in [2.05, 4.69) is 15.6 Å². The number of nitrogens with one attached hydrogen (secondary N) is 2. The van der Waals surface area contributed by atoms with E-state index in [0.717, 1.165) is 5.56 Å². The summed E-state index contributed by atoms with van der Waals surface area (Å²) in [5.41, 5.74) is 1.31. The second-order valence-corrected chi connectivity index (χ2v) is 3.38. The lowest BCUT2D eigenvalue weighted by Crippen LogP contribution is -2.40. The summed E-state index contributed by atoms with van der Waals surface area (Å²) in [7, 11) is 1.60. The summed E-state index contributed by atoms with van der Waals surface area (Å²) in [6.45, 7) is 2.32. The predicted octanol–water partition coefficient (Wildman–Crippen LogP) is 0.177. The number of rotatable bonds is 4. The van der Waals surface area contributed by atoms with Crippen LogP contribution in [-0.2, 0) is 11.3 Å². The van der Waals surface area contributed by atoms with Crippen LogP contribution in [0.15, 0.2) is 18.3 Å². The molecule has 0 bridgehead atoms.